The largest absolute Gasteiger partial charge is 0.493 e. The van der Waals surface area contributed by atoms with Crippen molar-refractivity contribution >= 4 is 0 Å². The molecule has 1 aromatic rings. The number of rotatable bonds is 11. The molecule has 0 bridgehead atoms. The van der Waals surface area contributed by atoms with E-state index in [1.54, 1.807) is 14.2 Å². The van der Waals surface area contributed by atoms with Gasteiger partial charge in [0.25, 0.3) is 0 Å². The van der Waals surface area contributed by atoms with Gasteiger partial charge in [0.05, 0.1) is 27.4 Å². The standard InChI is InChI=1S/C16H27NO4/c1-4-14(17-8-5-10-21-11-9-18)13-6-7-15(19-2)16(12-13)20-3/h6-7,12,14,17-18H,4-5,8-11H2,1-3H3. The van der Waals surface area contributed by atoms with Gasteiger partial charge in [0.2, 0.25) is 0 Å². The molecular formula is C16H27NO4. The molecule has 1 atom stereocenters. The molecule has 0 saturated heterocycles. The highest BCUT2D eigenvalue weighted by Gasteiger charge is 2.12. The van der Waals surface area contributed by atoms with Crippen LogP contribution >= 0.6 is 0 Å². The lowest BCUT2D eigenvalue weighted by Crippen LogP contribution is -2.23. The smallest absolute Gasteiger partial charge is 0.161 e. The maximum Gasteiger partial charge on any atom is 0.161 e. The molecule has 0 amide bonds. The van der Waals surface area contributed by atoms with Crippen LogP contribution in [-0.2, 0) is 4.74 Å². The molecule has 0 aliphatic rings. The summed E-state index contributed by atoms with van der Waals surface area (Å²) < 4.78 is 15.8. The van der Waals surface area contributed by atoms with Crippen molar-refractivity contribution in [3.8, 4) is 11.5 Å². The van der Waals surface area contributed by atoms with Gasteiger partial charge in [-0.05, 0) is 37.1 Å². The van der Waals surface area contributed by atoms with E-state index in [1.165, 1.54) is 5.56 Å². The minimum Gasteiger partial charge on any atom is -0.493 e. The van der Waals surface area contributed by atoms with Gasteiger partial charge in [-0.3, -0.25) is 0 Å². The van der Waals surface area contributed by atoms with Gasteiger partial charge in [0, 0.05) is 12.6 Å². The predicted molar refractivity (Wildman–Crippen MR) is 83.1 cm³/mol. The Morgan fingerprint density at radius 1 is 1.14 bits per heavy atom. The number of aliphatic hydroxyl groups excluding tert-OH is 1. The van der Waals surface area contributed by atoms with Crippen molar-refractivity contribution in [2.24, 2.45) is 0 Å². The summed E-state index contributed by atoms with van der Waals surface area (Å²) >= 11 is 0. The topological polar surface area (TPSA) is 60.0 Å². The number of ether oxygens (including phenoxy) is 3. The van der Waals surface area contributed by atoms with Crippen LogP contribution in [0, 0.1) is 0 Å². The second-order valence-corrected chi connectivity index (χ2v) is 4.72. The summed E-state index contributed by atoms with van der Waals surface area (Å²) in [6.07, 6.45) is 1.91. The summed E-state index contributed by atoms with van der Waals surface area (Å²) in [6.45, 7) is 4.17. The summed E-state index contributed by atoms with van der Waals surface area (Å²) in [5.41, 5.74) is 1.19. The minimum atomic E-state index is 0.0800. The number of hydrogen-bond acceptors (Lipinski definition) is 5. The van der Waals surface area contributed by atoms with E-state index in [-0.39, 0.29) is 12.6 Å². The van der Waals surface area contributed by atoms with Gasteiger partial charge in [-0.2, -0.15) is 0 Å². The summed E-state index contributed by atoms with van der Waals surface area (Å²) in [6, 6.07) is 6.29. The number of hydrogen-bond donors (Lipinski definition) is 2. The highest BCUT2D eigenvalue weighted by atomic mass is 16.5. The quantitative estimate of drug-likeness (QED) is 0.613. The molecular weight excluding hydrogens is 270 g/mol. The molecule has 0 aliphatic heterocycles. The molecule has 0 saturated carbocycles. The minimum absolute atomic E-state index is 0.0800. The van der Waals surface area contributed by atoms with E-state index in [1.807, 2.05) is 12.1 Å². The van der Waals surface area contributed by atoms with Crippen LogP contribution in [0.5, 0.6) is 11.5 Å². The number of methoxy groups -OCH3 is 2. The zero-order valence-corrected chi connectivity index (χ0v) is 13.2. The molecule has 0 aromatic heterocycles. The van der Waals surface area contributed by atoms with Gasteiger partial charge >= 0.3 is 0 Å². The van der Waals surface area contributed by atoms with Gasteiger partial charge < -0.3 is 24.6 Å². The highest BCUT2D eigenvalue weighted by Crippen LogP contribution is 2.30. The summed E-state index contributed by atoms with van der Waals surface area (Å²) in [4.78, 5) is 0. The SMILES string of the molecule is CCC(NCCCOCCO)c1ccc(OC)c(OC)c1. The monoisotopic (exact) mass is 297 g/mol. The average molecular weight is 297 g/mol. The molecule has 5 heteroatoms. The molecule has 120 valence electrons. The normalized spacial score (nSPS) is 12.2. The van der Waals surface area contributed by atoms with Crippen molar-refractivity contribution in [3.63, 3.8) is 0 Å². The molecule has 21 heavy (non-hydrogen) atoms. The van der Waals surface area contributed by atoms with Crippen molar-refractivity contribution in [1.29, 1.82) is 0 Å². The lowest BCUT2D eigenvalue weighted by molar-refractivity contribution is 0.0903. The molecule has 1 rings (SSSR count). The van der Waals surface area contributed by atoms with Gasteiger partial charge in [-0.25, -0.2) is 0 Å². The second-order valence-electron chi connectivity index (χ2n) is 4.72. The van der Waals surface area contributed by atoms with Crippen LogP contribution in [0.25, 0.3) is 0 Å². The average Bonchev–Trinajstić information content (AvgIpc) is 2.53. The third-order valence-corrected chi connectivity index (χ3v) is 3.31. The van der Waals surface area contributed by atoms with Crippen molar-refractivity contribution in [3.05, 3.63) is 23.8 Å². The van der Waals surface area contributed by atoms with Gasteiger partial charge in [-0.1, -0.05) is 13.0 Å². The van der Waals surface area contributed by atoms with Gasteiger partial charge in [-0.15, -0.1) is 0 Å². The molecule has 0 spiro atoms. The van der Waals surface area contributed by atoms with E-state index in [0.717, 1.165) is 30.9 Å². The first-order chi connectivity index (χ1) is 10.3. The summed E-state index contributed by atoms with van der Waals surface area (Å²) in [5.74, 6) is 1.50. The van der Waals surface area contributed by atoms with Crippen LogP contribution in [0.1, 0.15) is 31.4 Å². The van der Waals surface area contributed by atoms with E-state index >= 15 is 0 Å². The molecule has 1 unspecified atom stereocenters. The number of nitrogens with one attached hydrogen (secondary N) is 1. The van der Waals surface area contributed by atoms with Crippen LogP contribution < -0.4 is 14.8 Å². The third-order valence-electron chi connectivity index (χ3n) is 3.31. The lowest BCUT2D eigenvalue weighted by atomic mass is 10.0. The molecule has 0 radical (unpaired) electrons. The molecule has 2 N–H and O–H groups in total. The Hall–Kier alpha value is -1.30. The summed E-state index contributed by atoms with van der Waals surface area (Å²) in [7, 11) is 3.29. The molecule has 0 fully saturated rings. The molecule has 0 aliphatic carbocycles. The number of benzene rings is 1. The Kier molecular flexibility index (Phi) is 8.82. The van der Waals surface area contributed by atoms with Crippen LogP contribution in [0.3, 0.4) is 0 Å². The lowest BCUT2D eigenvalue weighted by Gasteiger charge is -2.19. The fourth-order valence-corrected chi connectivity index (χ4v) is 2.18. The van der Waals surface area contributed by atoms with E-state index < -0.39 is 0 Å². The van der Waals surface area contributed by atoms with E-state index in [2.05, 4.69) is 18.3 Å². The second kappa shape index (κ2) is 10.4. The first-order valence-electron chi connectivity index (χ1n) is 7.40. The highest BCUT2D eigenvalue weighted by molar-refractivity contribution is 5.43. The first-order valence-corrected chi connectivity index (χ1v) is 7.40. The first kappa shape index (κ1) is 17.8. The van der Waals surface area contributed by atoms with Gasteiger partial charge in [0.1, 0.15) is 0 Å². The molecule has 0 heterocycles. The molecule has 1 aromatic carbocycles. The van der Waals surface area contributed by atoms with Crippen molar-refractivity contribution in [1.82, 2.24) is 5.32 Å². The van der Waals surface area contributed by atoms with Crippen LogP contribution in [-0.4, -0.2) is 45.7 Å². The fourth-order valence-electron chi connectivity index (χ4n) is 2.18. The van der Waals surface area contributed by atoms with E-state index in [4.69, 9.17) is 19.3 Å². The maximum atomic E-state index is 8.63. The zero-order chi connectivity index (χ0) is 15.5. The van der Waals surface area contributed by atoms with Crippen molar-refractivity contribution < 1.29 is 19.3 Å². The molecule has 5 nitrogen and oxygen atoms in total. The zero-order valence-electron chi connectivity index (χ0n) is 13.2. The number of aliphatic hydroxyl groups is 1. The maximum absolute atomic E-state index is 8.63. The predicted octanol–water partition coefficient (Wildman–Crippen LogP) is 2.14. The van der Waals surface area contributed by atoms with Crippen LogP contribution in [0.2, 0.25) is 0 Å². The Morgan fingerprint density at radius 2 is 1.90 bits per heavy atom. The van der Waals surface area contributed by atoms with E-state index in [0.29, 0.717) is 13.2 Å². The van der Waals surface area contributed by atoms with Gasteiger partial charge in [0.15, 0.2) is 11.5 Å². The Morgan fingerprint density at radius 3 is 2.52 bits per heavy atom. The van der Waals surface area contributed by atoms with E-state index in [9.17, 15) is 0 Å². The summed E-state index contributed by atoms with van der Waals surface area (Å²) in [5, 5.41) is 12.1. The Balaban J connectivity index is 2.51. The van der Waals surface area contributed by atoms with Crippen molar-refractivity contribution in [2.45, 2.75) is 25.8 Å². The Bertz CT molecular complexity index is 398. The Labute approximate surface area is 127 Å². The fraction of sp³-hybridized carbons (Fsp3) is 0.625. The van der Waals surface area contributed by atoms with Crippen LogP contribution in [0.15, 0.2) is 18.2 Å². The van der Waals surface area contributed by atoms with Crippen molar-refractivity contribution in [2.75, 3.05) is 40.6 Å². The van der Waals surface area contributed by atoms with Crippen LogP contribution in [0.4, 0.5) is 0 Å². The third kappa shape index (κ3) is 5.91.